The fraction of sp³-hybridized carbons (Fsp3) is 0.500. The second-order valence-corrected chi connectivity index (χ2v) is 7.31. The third-order valence-electron chi connectivity index (χ3n) is 3.34. The fourth-order valence-corrected chi connectivity index (χ4v) is 4.37. The molecule has 1 aliphatic heterocycles. The molecule has 1 saturated heterocycles. The van der Waals surface area contributed by atoms with Crippen LogP contribution in [0.4, 0.5) is 5.69 Å². The molecule has 2 rings (SSSR count). The fourth-order valence-electron chi connectivity index (χ4n) is 2.10. The topological polar surface area (TPSA) is 81.4 Å². The van der Waals surface area contributed by atoms with Crippen molar-refractivity contribution in [1.29, 1.82) is 0 Å². The van der Waals surface area contributed by atoms with Crippen molar-refractivity contribution in [3.05, 3.63) is 22.2 Å². The van der Waals surface area contributed by atoms with Crippen molar-refractivity contribution < 1.29 is 13.2 Å². The van der Waals surface area contributed by atoms with Gasteiger partial charge in [-0.25, -0.2) is 13.1 Å². The molecule has 19 heavy (non-hydrogen) atoms. The molecule has 1 heterocycles. The number of anilines is 1. The molecular weight excluding hydrogens is 332 g/mol. The summed E-state index contributed by atoms with van der Waals surface area (Å²) >= 11 is 3.27. The van der Waals surface area contributed by atoms with Gasteiger partial charge in [0.15, 0.2) is 0 Å². The van der Waals surface area contributed by atoms with Gasteiger partial charge in [0, 0.05) is 16.8 Å². The molecule has 1 aliphatic rings. The van der Waals surface area contributed by atoms with E-state index < -0.39 is 10.0 Å². The van der Waals surface area contributed by atoms with Crippen molar-refractivity contribution in [2.45, 2.75) is 37.3 Å². The van der Waals surface area contributed by atoms with Gasteiger partial charge < -0.3 is 10.5 Å². The van der Waals surface area contributed by atoms with Crippen LogP contribution in [0.2, 0.25) is 0 Å². The first-order valence-electron chi connectivity index (χ1n) is 6.01. The molecule has 0 radical (unpaired) electrons. The van der Waals surface area contributed by atoms with E-state index in [0.29, 0.717) is 28.8 Å². The number of nitrogens with two attached hydrogens (primary N) is 1. The third kappa shape index (κ3) is 3.10. The summed E-state index contributed by atoms with van der Waals surface area (Å²) in [7, 11) is -3.59. The van der Waals surface area contributed by atoms with Crippen molar-refractivity contribution in [3.8, 4) is 0 Å². The van der Waals surface area contributed by atoms with Crippen molar-refractivity contribution >= 4 is 31.6 Å². The number of hydrogen-bond acceptors (Lipinski definition) is 4. The SMILES string of the molecule is Cc1c(N)cc(Br)cc1S(=O)(=O)NC1CCOC1C. The Morgan fingerprint density at radius 3 is 2.74 bits per heavy atom. The monoisotopic (exact) mass is 348 g/mol. The number of nitrogens with one attached hydrogen (secondary N) is 1. The first kappa shape index (κ1) is 14.8. The van der Waals surface area contributed by atoms with Crippen molar-refractivity contribution in [2.75, 3.05) is 12.3 Å². The molecule has 106 valence electrons. The minimum Gasteiger partial charge on any atom is -0.398 e. The summed E-state index contributed by atoms with van der Waals surface area (Å²) in [5.74, 6) is 0. The molecule has 0 spiro atoms. The molecule has 1 aromatic rings. The van der Waals surface area contributed by atoms with Gasteiger partial charge in [0.25, 0.3) is 0 Å². The summed E-state index contributed by atoms with van der Waals surface area (Å²) in [6, 6.07) is 3.06. The van der Waals surface area contributed by atoms with E-state index in [0.717, 1.165) is 0 Å². The number of rotatable bonds is 3. The molecular formula is C12H17BrN2O3S. The molecule has 0 aromatic heterocycles. The zero-order valence-electron chi connectivity index (χ0n) is 10.8. The van der Waals surface area contributed by atoms with Crippen LogP contribution >= 0.6 is 15.9 Å². The van der Waals surface area contributed by atoms with Gasteiger partial charge in [0.2, 0.25) is 10.0 Å². The van der Waals surface area contributed by atoms with Gasteiger partial charge in [0.05, 0.1) is 17.0 Å². The second-order valence-electron chi connectivity index (χ2n) is 4.71. The highest BCUT2D eigenvalue weighted by Gasteiger charge is 2.30. The van der Waals surface area contributed by atoms with E-state index in [9.17, 15) is 8.42 Å². The number of hydrogen-bond donors (Lipinski definition) is 2. The van der Waals surface area contributed by atoms with Crippen LogP contribution in [0.25, 0.3) is 0 Å². The maximum absolute atomic E-state index is 12.4. The van der Waals surface area contributed by atoms with E-state index in [1.54, 1.807) is 19.1 Å². The van der Waals surface area contributed by atoms with Crippen LogP contribution in [0.3, 0.4) is 0 Å². The number of nitrogen functional groups attached to an aromatic ring is 1. The van der Waals surface area contributed by atoms with Crippen LogP contribution in [-0.2, 0) is 14.8 Å². The Morgan fingerprint density at radius 2 is 2.16 bits per heavy atom. The molecule has 3 N–H and O–H groups in total. The molecule has 7 heteroatoms. The van der Waals surface area contributed by atoms with Gasteiger partial charge in [-0.3, -0.25) is 0 Å². The highest BCUT2D eigenvalue weighted by atomic mass is 79.9. The van der Waals surface area contributed by atoms with Gasteiger partial charge in [-0.1, -0.05) is 15.9 Å². The van der Waals surface area contributed by atoms with Gasteiger partial charge in [-0.15, -0.1) is 0 Å². The standard InChI is InChI=1S/C12H17BrN2O3S/c1-7-10(14)5-9(13)6-12(7)19(16,17)15-11-3-4-18-8(11)2/h5-6,8,11,15H,3-4,14H2,1-2H3. The Labute approximate surface area is 121 Å². The molecule has 2 unspecified atom stereocenters. The zero-order valence-corrected chi connectivity index (χ0v) is 13.2. The summed E-state index contributed by atoms with van der Waals surface area (Å²) in [5, 5.41) is 0. The molecule has 0 saturated carbocycles. The number of halogens is 1. The minimum atomic E-state index is -3.59. The Hall–Kier alpha value is -0.630. The number of ether oxygens (including phenoxy) is 1. The molecule has 1 aromatic carbocycles. The maximum atomic E-state index is 12.4. The molecule has 0 amide bonds. The minimum absolute atomic E-state index is 0.111. The van der Waals surface area contributed by atoms with Gasteiger partial charge >= 0.3 is 0 Å². The van der Waals surface area contributed by atoms with E-state index in [1.807, 2.05) is 6.92 Å². The van der Waals surface area contributed by atoms with Crippen LogP contribution in [-0.4, -0.2) is 27.2 Å². The normalized spacial score (nSPS) is 23.7. The highest BCUT2D eigenvalue weighted by molar-refractivity contribution is 9.10. The quantitative estimate of drug-likeness (QED) is 0.816. The lowest BCUT2D eigenvalue weighted by atomic mass is 10.2. The van der Waals surface area contributed by atoms with Gasteiger partial charge in [-0.2, -0.15) is 0 Å². The van der Waals surface area contributed by atoms with Gasteiger partial charge in [-0.05, 0) is 38.0 Å². The summed E-state index contributed by atoms with van der Waals surface area (Å²) in [6.45, 7) is 4.14. The summed E-state index contributed by atoms with van der Waals surface area (Å²) in [6.07, 6.45) is 0.572. The van der Waals surface area contributed by atoms with E-state index in [1.165, 1.54) is 0 Å². The van der Waals surface area contributed by atoms with Crippen LogP contribution in [0.15, 0.2) is 21.5 Å². The maximum Gasteiger partial charge on any atom is 0.241 e. The smallest absolute Gasteiger partial charge is 0.241 e. The highest BCUT2D eigenvalue weighted by Crippen LogP contribution is 2.27. The molecule has 0 aliphatic carbocycles. The van der Waals surface area contributed by atoms with E-state index in [4.69, 9.17) is 10.5 Å². The third-order valence-corrected chi connectivity index (χ3v) is 5.41. The summed E-state index contributed by atoms with van der Waals surface area (Å²) in [4.78, 5) is 0.207. The van der Waals surface area contributed by atoms with E-state index in [2.05, 4.69) is 20.7 Å². The lowest BCUT2D eigenvalue weighted by molar-refractivity contribution is 0.117. The Morgan fingerprint density at radius 1 is 1.47 bits per heavy atom. The van der Waals surface area contributed by atoms with Crippen molar-refractivity contribution in [1.82, 2.24) is 4.72 Å². The van der Waals surface area contributed by atoms with Crippen LogP contribution in [0.1, 0.15) is 18.9 Å². The van der Waals surface area contributed by atoms with E-state index >= 15 is 0 Å². The summed E-state index contributed by atoms with van der Waals surface area (Å²) < 4.78 is 33.5. The van der Waals surface area contributed by atoms with Crippen molar-refractivity contribution in [2.24, 2.45) is 0 Å². The van der Waals surface area contributed by atoms with Crippen LogP contribution in [0, 0.1) is 6.92 Å². The van der Waals surface area contributed by atoms with Gasteiger partial charge in [0.1, 0.15) is 0 Å². The van der Waals surface area contributed by atoms with Crippen LogP contribution < -0.4 is 10.5 Å². The lowest BCUT2D eigenvalue weighted by Gasteiger charge is -2.18. The average molecular weight is 349 g/mol. The molecule has 0 bridgehead atoms. The van der Waals surface area contributed by atoms with E-state index in [-0.39, 0.29) is 17.0 Å². The molecule has 5 nitrogen and oxygen atoms in total. The first-order valence-corrected chi connectivity index (χ1v) is 8.28. The Balaban J connectivity index is 2.34. The number of sulfonamides is 1. The largest absolute Gasteiger partial charge is 0.398 e. The summed E-state index contributed by atoms with van der Waals surface area (Å²) in [5.41, 5.74) is 6.81. The van der Waals surface area contributed by atoms with Crippen LogP contribution in [0.5, 0.6) is 0 Å². The predicted molar refractivity (Wildman–Crippen MR) is 77.4 cm³/mol. The Bertz CT molecular complexity index is 589. The average Bonchev–Trinajstić information content (AvgIpc) is 2.69. The lowest BCUT2D eigenvalue weighted by Crippen LogP contribution is -2.39. The van der Waals surface area contributed by atoms with Crippen molar-refractivity contribution in [3.63, 3.8) is 0 Å². The number of benzene rings is 1. The predicted octanol–water partition coefficient (Wildman–Crippen LogP) is 1.80. The molecule has 2 atom stereocenters. The molecule has 1 fully saturated rings. The second kappa shape index (κ2) is 5.40. The first-order chi connectivity index (χ1) is 8.81. The Kier molecular flexibility index (Phi) is 4.20. The zero-order chi connectivity index (χ0) is 14.2.